The summed E-state index contributed by atoms with van der Waals surface area (Å²) >= 11 is 0. The molecule has 8 heteroatoms. The van der Waals surface area contributed by atoms with Gasteiger partial charge in [0.25, 0.3) is 5.91 Å². The normalized spacial score (nSPS) is 15.6. The van der Waals surface area contributed by atoms with Crippen LogP contribution in [0.2, 0.25) is 0 Å². The minimum absolute atomic E-state index is 0.0182. The zero-order valence-electron chi connectivity index (χ0n) is 16.1. The molecule has 1 aromatic heterocycles. The van der Waals surface area contributed by atoms with Crippen molar-refractivity contribution in [2.24, 2.45) is 0 Å². The van der Waals surface area contributed by atoms with Crippen LogP contribution < -0.4 is 10.2 Å². The summed E-state index contributed by atoms with van der Waals surface area (Å²) in [6, 6.07) is 6.55. The average Bonchev–Trinajstić information content (AvgIpc) is 2.63. The van der Waals surface area contributed by atoms with Gasteiger partial charge in [-0.2, -0.15) is 13.2 Å². The Morgan fingerprint density at radius 1 is 1.07 bits per heavy atom. The van der Waals surface area contributed by atoms with Crippen LogP contribution in [0.4, 0.5) is 19.0 Å². The number of rotatable bonds is 3. The summed E-state index contributed by atoms with van der Waals surface area (Å²) in [6.45, 7) is 6.45. The minimum atomic E-state index is -4.50. The number of aryl methyl sites for hydroxylation is 3. The number of hydrogen-bond donors (Lipinski definition) is 1. The van der Waals surface area contributed by atoms with E-state index in [0.29, 0.717) is 31.5 Å². The van der Waals surface area contributed by atoms with Crippen LogP contribution in [-0.2, 0) is 6.18 Å². The van der Waals surface area contributed by atoms with Gasteiger partial charge in [0.15, 0.2) is 0 Å². The van der Waals surface area contributed by atoms with Gasteiger partial charge in [-0.05, 0) is 56.9 Å². The fourth-order valence-electron chi connectivity index (χ4n) is 3.26. The Bertz CT molecular complexity index is 874. The number of piperidine rings is 1. The van der Waals surface area contributed by atoms with Crippen LogP contribution in [0.15, 0.2) is 24.3 Å². The molecule has 1 aliphatic heterocycles. The molecule has 3 rings (SSSR count). The lowest BCUT2D eigenvalue weighted by atomic mass is 10.0. The number of carbonyl (C=O) groups is 1. The lowest BCUT2D eigenvalue weighted by Gasteiger charge is -2.33. The second kappa shape index (κ2) is 7.77. The third-order valence-electron chi connectivity index (χ3n) is 5.04. The summed E-state index contributed by atoms with van der Waals surface area (Å²) in [6.07, 6.45) is -3.22. The number of amides is 1. The molecule has 1 saturated heterocycles. The number of aromatic nitrogens is 2. The maximum atomic E-state index is 13.0. The van der Waals surface area contributed by atoms with Gasteiger partial charge in [-0.15, -0.1) is 0 Å². The molecule has 0 aliphatic carbocycles. The van der Waals surface area contributed by atoms with Gasteiger partial charge in [-0.25, -0.2) is 9.97 Å². The van der Waals surface area contributed by atoms with Crippen molar-refractivity contribution in [3.63, 3.8) is 0 Å². The highest BCUT2D eigenvalue weighted by Gasteiger charge is 2.34. The molecule has 0 saturated carbocycles. The third-order valence-corrected chi connectivity index (χ3v) is 5.04. The van der Waals surface area contributed by atoms with E-state index in [1.54, 1.807) is 6.07 Å². The molecule has 0 atom stereocenters. The largest absolute Gasteiger partial charge is 0.433 e. The maximum Gasteiger partial charge on any atom is 0.433 e. The summed E-state index contributed by atoms with van der Waals surface area (Å²) in [7, 11) is 0. The van der Waals surface area contributed by atoms with E-state index in [4.69, 9.17) is 0 Å². The van der Waals surface area contributed by atoms with Crippen molar-refractivity contribution < 1.29 is 18.0 Å². The first-order chi connectivity index (χ1) is 13.1. The van der Waals surface area contributed by atoms with Crippen LogP contribution >= 0.6 is 0 Å². The fourth-order valence-corrected chi connectivity index (χ4v) is 3.26. The fraction of sp³-hybridized carbons (Fsp3) is 0.450. The first-order valence-electron chi connectivity index (χ1n) is 9.19. The number of halogens is 3. The Labute approximate surface area is 162 Å². The molecule has 1 N–H and O–H groups in total. The van der Waals surface area contributed by atoms with Crippen LogP contribution in [0.25, 0.3) is 0 Å². The highest BCUT2D eigenvalue weighted by Crippen LogP contribution is 2.30. The molecular formula is C20H23F3N4O. The van der Waals surface area contributed by atoms with E-state index in [1.807, 2.05) is 30.9 Å². The molecule has 2 heterocycles. The molecule has 0 spiro atoms. The standard InChI is InChI=1S/C20H23F3N4O/c1-12-4-5-15(10-13(12)2)19(28)26-16-6-8-27(9-7-16)18-11-17(20(21,22)23)24-14(3)25-18/h4-5,10-11,16H,6-9H2,1-3H3,(H,26,28). The number of nitrogens with zero attached hydrogens (tertiary/aromatic N) is 3. The van der Waals surface area contributed by atoms with Crippen LogP contribution in [0.1, 0.15) is 45.8 Å². The Kier molecular flexibility index (Phi) is 5.58. The van der Waals surface area contributed by atoms with Gasteiger partial charge in [-0.3, -0.25) is 4.79 Å². The topological polar surface area (TPSA) is 58.1 Å². The predicted octanol–water partition coefficient (Wildman–Crippen LogP) is 3.82. The maximum absolute atomic E-state index is 13.0. The second-order valence-corrected chi connectivity index (χ2v) is 7.19. The number of alkyl halides is 3. The monoisotopic (exact) mass is 392 g/mol. The lowest BCUT2D eigenvalue weighted by Crippen LogP contribution is -2.45. The summed E-state index contributed by atoms with van der Waals surface area (Å²) in [5.74, 6) is 0.243. The first-order valence-corrected chi connectivity index (χ1v) is 9.19. The van der Waals surface area contributed by atoms with Crippen molar-refractivity contribution in [2.75, 3.05) is 18.0 Å². The van der Waals surface area contributed by atoms with Crippen molar-refractivity contribution in [1.82, 2.24) is 15.3 Å². The van der Waals surface area contributed by atoms with Crippen LogP contribution in [0.3, 0.4) is 0 Å². The molecule has 0 unspecified atom stereocenters. The number of hydrogen-bond acceptors (Lipinski definition) is 4. The Morgan fingerprint density at radius 2 is 1.75 bits per heavy atom. The molecule has 2 aromatic rings. The number of carbonyl (C=O) groups excluding carboxylic acids is 1. The van der Waals surface area contributed by atoms with Gasteiger partial charge in [-0.1, -0.05) is 6.07 Å². The van der Waals surface area contributed by atoms with Crippen LogP contribution in [0, 0.1) is 20.8 Å². The van der Waals surface area contributed by atoms with Gasteiger partial charge >= 0.3 is 6.18 Å². The third kappa shape index (κ3) is 4.61. The van der Waals surface area contributed by atoms with Crippen LogP contribution in [-0.4, -0.2) is 35.0 Å². The van der Waals surface area contributed by atoms with Crippen molar-refractivity contribution in [2.45, 2.75) is 45.8 Å². The summed E-state index contributed by atoms with van der Waals surface area (Å²) in [4.78, 5) is 21.9. The van der Waals surface area contributed by atoms with Gasteiger partial charge in [0.2, 0.25) is 0 Å². The highest BCUT2D eigenvalue weighted by molar-refractivity contribution is 5.94. The smallest absolute Gasteiger partial charge is 0.356 e. The van der Waals surface area contributed by atoms with Gasteiger partial charge in [0, 0.05) is 30.8 Å². The Balaban J connectivity index is 1.62. The van der Waals surface area contributed by atoms with Crippen LogP contribution in [0.5, 0.6) is 0 Å². The summed E-state index contributed by atoms with van der Waals surface area (Å²) in [5, 5.41) is 3.02. The molecule has 1 amide bonds. The molecule has 1 fully saturated rings. The average molecular weight is 392 g/mol. The predicted molar refractivity (Wildman–Crippen MR) is 100 cm³/mol. The van der Waals surface area contributed by atoms with Gasteiger partial charge < -0.3 is 10.2 Å². The molecule has 0 bridgehead atoms. The van der Waals surface area contributed by atoms with E-state index in [-0.39, 0.29) is 23.6 Å². The molecule has 28 heavy (non-hydrogen) atoms. The van der Waals surface area contributed by atoms with Crippen molar-refractivity contribution in [3.05, 3.63) is 52.5 Å². The molecule has 0 radical (unpaired) electrons. The minimum Gasteiger partial charge on any atom is -0.356 e. The highest BCUT2D eigenvalue weighted by atomic mass is 19.4. The first kappa shape index (κ1) is 20.1. The molecule has 5 nitrogen and oxygen atoms in total. The van der Waals surface area contributed by atoms with E-state index < -0.39 is 11.9 Å². The zero-order valence-corrected chi connectivity index (χ0v) is 16.1. The number of benzene rings is 1. The SMILES string of the molecule is Cc1nc(N2CCC(NC(=O)c3ccc(C)c(C)c3)CC2)cc(C(F)(F)F)n1. The van der Waals surface area contributed by atoms with E-state index in [0.717, 1.165) is 17.2 Å². The van der Waals surface area contributed by atoms with E-state index in [1.165, 1.54) is 6.92 Å². The van der Waals surface area contributed by atoms with E-state index >= 15 is 0 Å². The molecule has 1 aliphatic rings. The number of anilines is 1. The van der Waals surface area contributed by atoms with Gasteiger partial charge in [0.05, 0.1) is 0 Å². The zero-order chi connectivity index (χ0) is 20.5. The summed E-state index contributed by atoms with van der Waals surface area (Å²) in [5.41, 5.74) is 1.87. The van der Waals surface area contributed by atoms with E-state index in [2.05, 4.69) is 15.3 Å². The Morgan fingerprint density at radius 3 is 2.36 bits per heavy atom. The number of nitrogens with one attached hydrogen (secondary N) is 1. The summed E-state index contributed by atoms with van der Waals surface area (Å²) < 4.78 is 38.9. The van der Waals surface area contributed by atoms with Crippen molar-refractivity contribution >= 4 is 11.7 Å². The molecule has 150 valence electrons. The second-order valence-electron chi connectivity index (χ2n) is 7.19. The lowest BCUT2D eigenvalue weighted by molar-refractivity contribution is -0.141. The van der Waals surface area contributed by atoms with E-state index in [9.17, 15) is 18.0 Å². The quantitative estimate of drug-likeness (QED) is 0.863. The van der Waals surface area contributed by atoms with Crippen molar-refractivity contribution in [1.29, 1.82) is 0 Å². The van der Waals surface area contributed by atoms with Gasteiger partial charge in [0.1, 0.15) is 17.3 Å². The molecular weight excluding hydrogens is 369 g/mol. The van der Waals surface area contributed by atoms with Crippen molar-refractivity contribution in [3.8, 4) is 0 Å². The molecule has 1 aromatic carbocycles. The Hall–Kier alpha value is -2.64.